The first-order valence-electron chi connectivity index (χ1n) is 10.6. The van der Waals surface area contributed by atoms with Crippen molar-refractivity contribution in [1.29, 1.82) is 0 Å². The Morgan fingerprint density at radius 1 is 0.941 bits per heavy atom. The van der Waals surface area contributed by atoms with E-state index in [4.69, 9.17) is 19.0 Å². The Kier molecular flexibility index (Phi) is 5.20. The number of oxime groups is 1. The third-order valence-electron chi connectivity index (χ3n) is 6.20. The van der Waals surface area contributed by atoms with Crippen molar-refractivity contribution in [2.24, 2.45) is 11.1 Å². The number of hydrogen-bond donors (Lipinski definition) is 1. The van der Waals surface area contributed by atoms with Crippen LogP contribution in [0.3, 0.4) is 0 Å². The highest BCUT2D eigenvalue weighted by atomic mass is 16.7. The maximum atomic E-state index is 14.0. The van der Waals surface area contributed by atoms with Crippen molar-refractivity contribution < 1.29 is 28.6 Å². The van der Waals surface area contributed by atoms with Crippen LogP contribution in [0.5, 0.6) is 17.2 Å². The summed E-state index contributed by atoms with van der Waals surface area (Å²) in [5, 5.41) is 7.15. The molecule has 172 valence electrons. The molecule has 8 nitrogen and oxygen atoms in total. The number of nitrogens with one attached hydrogen (secondary N) is 1. The Morgan fingerprint density at radius 2 is 1.71 bits per heavy atom. The van der Waals surface area contributed by atoms with E-state index in [9.17, 15) is 9.59 Å². The van der Waals surface area contributed by atoms with E-state index < -0.39 is 17.4 Å². The molecule has 3 aromatic rings. The quantitative estimate of drug-likeness (QED) is 0.565. The number of rotatable bonds is 6. The van der Waals surface area contributed by atoms with Crippen LogP contribution in [0.1, 0.15) is 21.5 Å². The second-order valence-electron chi connectivity index (χ2n) is 7.87. The second-order valence-corrected chi connectivity index (χ2v) is 7.87. The molecule has 0 saturated carbocycles. The zero-order valence-corrected chi connectivity index (χ0v) is 18.8. The standard InChI is InChI=1S/C26H22N2O6/c1-31-16-13-11-15(12-14-16)23(29)21-22(17-7-6-10-20(32-2)24(17)33-3)28-34-26(21)18-8-4-5-9-19(18)27-25(26)30/h4-14,21H,1-3H3,(H,27,30)/t21-,26-/m0/s1. The van der Waals surface area contributed by atoms with Gasteiger partial charge in [-0.2, -0.15) is 0 Å². The van der Waals surface area contributed by atoms with Crippen molar-refractivity contribution in [2.75, 3.05) is 26.6 Å². The van der Waals surface area contributed by atoms with E-state index in [-0.39, 0.29) is 11.5 Å². The molecule has 2 aliphatic rings. The highest BCUT2D eigenvalue weighted by Crippen LogP contribution is 2.51. The number of anilines is 1. The minimum atomic E-state index is -1.66. The lowest BCUT2D eigenvalue weighted by Gasteiger charge is -2.27. The maximum Gasteiger partial charge on any atom is 0.277 e. The Hall–Kier alpha value is -4.33. The van der Waals surface area contributed by atoms with E-state index in [0.29, 0.717) is 39.6 Å². The van der Waals surface area contributed by atoms with Gasteiger partial charge in [0, 0.05) is 22.4 Å². The van der Waals surface area contributed by atoms with Gasteiger partial charge in [0.25, 0.3) is 11.5 Å². The summed E-state index contributed by atoms with van der Waals surface area (Å²) >= 11 is 0. The van der Waals surface area contributed by atoms with E-state index >= 15 is 0 Å². The highest BCUT2D eigenvalue weighted by Gasteiger charge is 2.63. The van der Waals surface area contributed by atoms with Crippen LogP contribution >= 0.6 is 0 Å². The highest BCUT2D eigenvalue weighted by molar-refractivity contribution is 6.25. The van der Waals surface area contributed by atoms with Crippen LogP contribution in [0.2, 0.25) is 0 Å². The number of fused-ring (bicyclic) bond motifs is 2. The number of Topliss-reactive ketones (excluding diaryl/α,β-unsaturated/α-hetero) is 1. The topological polar surface area (TPSA) is 95.5 Å². The summed E-state index contributed by atoms with van der Waals surface area (Å²) in [6.45, 7) is 0. The van der Waals surface area contributed by atoms with Crippen LogP contribution in [-0.4, -0.2) is 38.7 Å². The van der Waals surface area contributed by atoms with Gasteiger partial charge in [-0.1, -0.05) is 29.4 Å². The molecule has 5 rings (SSSR count). The number of methoxy groups -OCH3 is 3. The first-order chi connectivity index (χ1) is 16.5. The summed E-state index contributed by atoms with van der Waals surface area (Å²) in [5.41, 5.74) is 0.645. The van der Waals surface area contributed by atoms with Crippen LogP contribution in [-0.2, 0) is 15.2 Å². The molecule has 3 aromatic carbocycles. The van der Waals surface area contributed by atoms with Gasteiger partial charge >= 0.3 is 0 Å². The molecule has 2 heterocycles. The molecule has 0 saturated heterocycles. The lowest BCUT2D eigenvalue weighted by Crippen LogP contribution is -2.46. The molecule has 2 atom stereocenters. The SMILES string of the molecule is COc1ccc(C(=O)[C@@H]2C(c3cccc(OC)c3OC)=NO[C@]23C(=O)Nc2ccccc23)cc1. The predicted octanol–water partition coefficient (Wildman–Crippen LogP) is 3.79. The molecule has 8 heteroatoms. The number of nitrogens with zero attached hydrogens (tertiary/aromatic N) is 1. The third kappa shape index (κ3) is 3.02. The molecule has 0 fully saturated rings. The van der Waals surface area contributed by atoms with Gasteiger partial charge in [-0.05, 0) is 42.5 Å². The molecular formula is C26H22N2O6. The minimum absolute atomic E-state index is 0.281. The molecule has 0 aromatic heterocycles. The summed E-state index contributed by atoms with van der Waals surface area (Å²) in [5.74, 6) is -0.386. The summed E-state index contributed by atoms with van der Waals surface area (Å²) < 4.78 is 16.3. The Labute approximate surface area is 196 Å². The second kappa shape index (κ2) is 8.22. The van der Waals surface area contributed by atoms with E-state index in [1.807, 2.05) is 0 Å². The normalized spacial score (nSPS) is 20.3. The van der Waals surface area contributed by atoms with Gasteiger partial charge in [-0.15, -0.1) is 0 Å². The van der Waals surface area contributed by atoms with Gasteiger partial charge in [-0.25, -0.2) is 0 Å². The van der Waals surface area contributed by atoms with Crippen molar-refractivity contribution in [3.05, 3.63) is 83.4 Å². The monoisotopic (exact) mass is 458 g/mol. The predicted molar refractivity (Wildman–Crippen MR) is 125 cm³/mol. The number of hydrogen-bond acceptors (Lipinski definition) is 7. The summed E-state index contributed by atoms with van der Waals surface area (Å²) in [6, 6.07) is 19.1. The van der Waals surface area contributed by atoms with E-state index in [0.717, 1.165) is 0 Å². The minimum Gasteiger partial charge on any atom is -0.497 e. The van der Waals surface area contributed by atoms with Crippen LogP contribution < -0.4 is 19.5 Å². The smallest absolute Gasteiger partial charge is 0.277 e. The Morgan fingerprint density at radius 3 is 2.41 bits per heavy atom. The van der Waals surface area contributed by atoms with Crippen molar-refractivity contribution in [3.63, 3.8) is 0 Å². The van der Waals surface area contributed by atoms with E-state index in [2.05, 4.69) is 10.5 Å². The number of amides is 1. The number of carbonyl (C=O) groups excluding carboxylic acids is 2. The van der Waals surface area contributed by atoms with E-state index in [1.165, 1.54) is 14.2 Å². The molecule has 0 radical (unpaired) electrons. The van der Waals surface area contributed by atoms with Gasteiger partial charge in [0.2, 0.25) is 0 Å². The zero-order valence-electron chi connectivity index (χ0n) is 18.8. The average Bonchev–Trinajstić information content (AvgIpc) is 3.41. The number of para-hydroxylation sites is 2. The van der Waals surface area contributed by atoms with Gasteiger partial charge in [-0.3, -0.25) is 9.59 Å². The first-order valence-corrected chi connectivity index (χ1v) is 10.6. The van der Waals surface area contributed by atoms with Gasteiger partial charge < -0.3 is 24.4 Å². The Bertz CT molecular complexity index is 1320. The van der Waals surface area contributed by atoms with Crippen molar-refractivity contribution in [2.45, 2.75) is 5.60 Å². The molecule has 34 heavy (non-hydrogen) atoms. The van der Waals surface area contributed by atoms with Gasteiger partial charge in [0.05, 0.1) is 21.3 Å². The fourth-order valence-electron chi connectivity index (χ4n) is 4.57. The third-order valence-corrected chi connectivity index (χ3v) is 6.20. The largest absolute Gasteiger partial charge is 0.497 e. The lowest BCUT2D eigenvalue weighted by atomic mass is 9.74. The molecule has 1 spiro atoms. The molecule has 1 amide bonds. The van der Waals surface area contributed by atoms with Crippen molar-refractivity contribution in [3.8, 4) is 17.2 Å². The van der Waals surface area contributed by atoms with Crippen LogP contribution in [0, 0.1) is 5.92 Å². The van der Waals surface area contributed by atoms with E-state index in [1.54, 1.807) is 73.8 Å². The maximum absolute atomic E-state index is 14.0. The van der Waals surface area contributed by atoms with Crippen molar-refractivity contribution >= 4 is 23.1 Å². The number of ketones is 1. The summed E-state index contributed by atoms with van der Waals surface area (Å²) in [6.07, 6.45) is 0. The van der Waals surface area contributed by atoms with Gasteiger partial charge in [0.15, 0.2) is 17.3 Å². The molecular weight excluding hydrogens is 436 g/mol. The van der Waals surface area contributed by atoms with Gasteiger partial charge in [0.1, 0.15) is 17.4 Å². The van der Waals surface area contributed by atoms with Crippen LogP contribution in [0.4, 0.5) is 5.69 Å². The molecule has 0 bridgehead atoms. The summed E-state index contributed by atoms with van der Waals surface area (Å²) in [7, 11) is 4.58. The molecule has 1 N–H and O–H groups in total. The number of carbonyl (C=O) groups is 2. The first kappa shape index (κ1) is 21.5. The Balaban J connectivity index is 1.71. The fourth-order valence-corrected chi connectivity index (χ4v) is 4.57. The average molecular weight is 458 g/mol. The fraction of sp³-hybridized carbons (Fsp3) is 0.192. The molecule has 2 aliphatic heterocycles. The molecule has 0 unspecified atom stereocenters. The summed E-state index contributed by atoms with van der Waals surface area (Å²) in [4.78, 5) is 33.4. The zero-order chi connectivity index (χ0) is 23.9. The number of benzene rings is 3. The molecule has 0 aliphatic carbocycles. The lowest BCUT2D eigenvalue weighted by molar-refractivity contribution is -0.140. The van der Waals surface area contributed by atoms with Crippen LogP contribution in [0.15, 0.2) is 71.9 Å². The number of ether oxygens (including phenoxy) is 3. The van der Waals surface area contributed by atoms with Crippen molar-refractivity contribution in [1.82, 2.24) is 0 Å². The van der Waals surface area contributed by atoms with Crippen LogP contribution in [0.25, 0.3) is 0 Å².